The van der Waals surface area contributed by atoms with Crippen LogP contribution in [-0.2, 0) is 10.1 Å². The number of rotatable bonds is 7. The number of ketones is 1. The summed E-state index contributed by atoms with van der Waals surface area (Å²) in [6.07, 6.45) is 3.24. The number of benzene rings is 3. The average Bonchev–Trinajstić information content (AvgIpc) is 2.73. The molecule has 6 heteroatoms. The number of carbonyl (C=O) groups is 1. The maximum atomic E-state index is 12.4. The first-order chi connectivity index (χ1) is 14.2. The van der Waals surface area contributed by atoms with Crippen LogP contribution in [0.4, 0.5) is 0 Å². The Kier molecular flexibility index (Phi) is 6.75. The van der Waals surface area contributed by atoms with Gasteiger partial charge in [0.1, 0.15) is 10.6 Å². The maximum absolute atomic E-state index is 12.4. The Hall–Kier alpha value is -2.89. The topological polar surface area (TPSA) is 60.4 Å². The molecule has 3 aromatic rings. The molecular formula is C24H21ClO4S. The molecule has 0 spiro atoms. The average molecular weight is 441 g/mol. The smallest absolute Gasteiger partial charge is 0.339 e. The zero-order valence-electron chi connectivity index (χ0n) is 16.6. The van der Waals surface area contributed by atoms with Gasteiger partial charge < -0.3 is 4.18 Å². The van der Waals surface area contributed by atoms with Crippen LogP contribution in [0.25, 0.3) is 6.08 Å². The number of allylic oxidation sites excluding steroid dienone is 1. The van der Waals surface area contributed by atoms with E-state index in [9.17, 15) is 13.2 Å². The van der Waals surface area contributed by atoms with E-state index >= 15 is 0 Å². The minimum atomic E-state index is -3.98. The van der Waals surface area contributed by atoms with E-state index in [0.717, 1.165) is 5.56 Å². The van der Waals surface area contributed by atoms with Crippen LogP contribution in [0.3, 0.4) is 0 Å². The lowest BCUT2D eigenvalue weighted by Crippen LogP contribution is -2.09. The highest BCUT2D eigenvalue weighted by Crippen LogP contribution is 2.21. The van der Waals surface area contributed by atoms with Gasteiger partial charge in [-0.05, 0) is 71.7 Å². The normalized spacial score (nSPS) is 11.7. The lowest BCUT2D eigenvalue weighted by atomic mass is 10.0. The molecule has 0 heterocycles. The van der Waals surface area contributed by atoms with Crippen LogP contribution in [0.1, 0.15) is 41.3 Å². The number of hydrogen-bond donors (Lipinski definition) is 0. The van der Waals surface area contributed by atoms with Crippen molar-refractivity contribution < 1.29 is 17.4 Å². The third-order valence-electron chi connectivity index (χ3n) is 4.48. The van der Waals surface area contributed by atoms with Crippen molar-refractivity contribution >= 4 is 33.6 Å². The number of carbonyl (C=O) groups excluding carboxylic acids is 1. The van der Waals surface area contributed by atoms with Crippen molar-refractivity contribution in [2.45, 2.75) is 24.7 Å². The molecule has 0 aromatic heterocycles. The van der Waals surface area contributed by atoms with Crippen molar-refractivity contribution in [1.82, 2.24) is 0 Å². The van der Waals surface area contributed by atoms with Gasteiger partial charge in [0.05, 0.1) is 0 Å². The molecule has 4 nitrogen and oxygen atoms in total. The second kappa shape index (κ2) is 9.28. The molecule has 0 atom stereocenters. The molecular weight excluding hydrogens is 420 g/mol. The molecule has 154 valence electrons. The summed E-state index contributed by atoms with van der Waals surface area (Å²) in [5.74, 6) is 0.388. The van der Waals surface area contributed by atoms with Crippen LogP contribution in [0.2, 0.25) is 5.02 Å². The molecule has 0 fully saturated rings. The molecule has 0 radical (unpaired) electrons. The van der Waals surface area contributed by atoms with Crippen LogP contribution in [0.15, 0.2) is 83.8 Å². The van der Waals surface area contributed by atoms with E-state index < -0.39 is 10.1 Å². The first-order valence-electron chi connectivity index (χ1n) is 9.37. The van der Waals surface area contributed by atoms with Crippen LogP contribution in [0.5, 0.6) is 5.75 Å². The molecule has 3 rings (SSSR count). The largest absolute Gasteiger partial charge is 0.379 e. The van der Waals surface area contributed by atoms with Crippen LogP contribution in [0, 0.1) is 0 Å². The van der Waals surface area contributed by atoms with Gasteiger partial charge in [0.2, 0.25) is 0 Å². The Morgan fingerprint density at radius 1 is 0.900 bits per heavy atom. The molecule has 0 aliphatic heterocycles. The van der Waals surface area contributed by atoms with Gasteiger partial charge in [-0.15, -0.1) is 0 Å². The Morgan fingerprint density at radius 2 is 1.50 bits per heavy atom. The summed E-state index contributed by atoms with van der Waals surface area (Å²) in [6, 6.07) is 19.7. The zero-order valence-corrected chi connectivity index (χ0v) is 18.2. The highest BCUT2D eigenvalue weighted by molar-refractivity contribution is 7.87. The highest BCUT2D eigenvalue weighted by atomic mass is 35.5. The lowest BCUT2D eigenvalue weighted by molar-refractivity contribution is 0.104. The van der Waals surface area contributed by atoms with Crippen molar-refractivity contribution in [3.8, 4) is 5.75 Å². The molecule has 0 unspecified atom stereocenters. The fourth-order valence-electron chi connectivity index (χ4n) is 2.71. The van der Waals surface area contributed by atoms with Crippen LogP contribution < -0.4 is 4.18 Å². The predicted octanol–water partition coefficient (Wildman–Crippen LogP) is 6.13. The van der Waals surface area contributed by atoms with Crippen molar-refractivity contribution in [3.05, 3.63) is 101 Å². The first kappa shape index (κ1) is 21.8. The molecule has 0 amide bonds. The summed E-state index contributed by atoms with van der Waals surface area (Å²) in [5.41, 5.74) is 2.60. The fraction of sp³-hybridized carbons (Fsp3) is 0.125. The van der Waals surface area contributed by atoms with Crippen molar-refractivity contribution in [2.75, 3.05) is 0 Å². The van der Waals surface area contributed by atoms with E-state index in [-0.39, 0.29) is 16.4 Å². The summed E-state index contributed by atoms with van der Waals surface area (Å²) in [6.45, 7) is 4.25. The zero-order chi connectivity index (χ0) is 21.7. The van der Waals surface area contributed by atoms with E-state index in [1.807, 2.05) is 24.3 Å². The van der Waals surface area contributed by atoms with Gasteiger partial charge in [-0.25, -0.2) is 0 Å². The van der Waals surface area contributed by atoms with Gasteiger partial charge in [-0.1, -0.05) is 55.8 Å². The Balaban J connectivity index is 1.67. The molecule has 30 heavy (non-hydrogen) atoms. The minimum absolute atomic E-state index is 0.00142. The lowest BCUT2D eigenvalue weighted by Gasteiger charge is -2.07. The molecule has 0 N–H and O–H groups in total. The fourth-order valence-corrected chi connectivity index (χ4v) is 3.77. The molecule has 0 aliphatic carbocycles. The van der Waals surface area contributed by atoms with Crippen molar-refractivity contribution in [3.63, 3.8) is 0 Å². The maximum Gasteiger partial charge on any atom is 0.339 e. The van der Waals surface area contributed by atoms with E-state index in [1.165, 1.54) is 60.2 Å². The van der Waals surface area contributed by atoms with Crippen LogP contribution >= 0.6 is 11.6 Å². The number of hydrogen-bond acceptors (Lipinski definition) is 4. The second-order valence-corrected chi connectivity index (χ2v) is 9.02. The van der Waals surface area contributed by atoms with E-state index in [1.54, 1.807) is 6.08 Å². The van der Waals surface area contributed by atoms with Gasteiger partial charge in [-0.3, -0.25) is 4.79 Å². The Bertz CT molecular complexity index is 1150. The third kappa shape index (κ3) is 5.59. The Labute approximate surface area is 181 Å². The third-order valence-corrected chi connectivity index (χ3v) is 5.99. The SMILES string of the molecule is CC(C)c1ccc(/C=C/C(=O)c2ccc(OS(=O)(=O)c3ccc(Cl)cc3)cc2)cc1. The molecule has 3 aromatic carbocycles. The predicted molar refractivity (Wildman–Crippen MR) is 120 cm³/mol. The summed E-state index contributed by atoms with van der Waals surface area (Å²) in [4.78, 5) is 12.4. The van der Waals surface area contributed by atoms with Crippen molar-refractivity contribution in [2.24, 2.45) is 0 Å². The summed E-state index contributed by atoms with van der Waals surface area (Å²) < 4.78 is 29.7. The monoisotopic (exact) mass is 440 g/mol. The van der Waals surface area contributed by atoms with E-state index in [0.29, 0.717) is 16.5 Å². The van der Waals surface area contributed by atoms with Crippen molar-refractivity contribution in [1.29, 1.82) is 0 Å². The van der Waals surface area contributed by atoms with Gasteiger partial charge in [0.15, 0.2) is 5.78 Å². The molecule has 0 bridgehead atoms. The first-order valence-corrected chi connectivity index (χ1v) is 11.2. The number of halogens is 1. The quantitative estimate of drug-likeness (QED) is 0.252. The van der Waals surface area contributed by atoms with Gasteiger partial charge >= 0.3 is 10.1 Å². The van der Waals surface area contributed by atoms with Gasteiger partial charge in [-0.2, -0.15) is 8.42 Å². The molecule has 0 aliphatic rings. The molecule has 0 saturated carbocycles. The minimum Gasteiger partial charge on any atom is -0.379 e. The highest BCUT2D eigenvalue weighted by Gasteiger charge is 2.16. The van der Waals surface area contributed by atoms with Gasteiger partial charge in [0, 0.05) is 10.6 Å². The van der Waals surface area contributed by atoms with E-state index in [2.05, 4.69) is 13.8 Å². The summed E-state index contributed by atoms with van der Waals surface area (Å²) >= 11 is 5.78. The van der Waals surface area contributed by atoms with E-state index in [4.69, 9.17) is 15.8 Å². The standard InChI is InChI=1S/C24H21ClO4S/c1-17(2)19-6-3-18(4-7-19)5-16-24(26)20-8-12-22(13-9-20)29-30(27,28)23-14-10-21(25)11-15-23/h3-17H,1-2H3/b16-5+. The molecule has 0 saturated heterocycles. The summed E-state index contributed by atoms with van der Waals surface area (Å²) in [7, 11) is -3.98. The summed E-state index contributed by atoms with van der Waals surface area (Å²) in [5, 5.41) is 0.431. The van der Waals surface area contributed by atoms with Gasteiger partial charge in [0.25, 0.3) is 0 Å². The van der Waals surface area contributed by atoms with Crippen LogP contribution in [-0.4, -0.2) is 14.2 Å². The second-order valence-electron chi connectivity index (χ2n) is 7.03. The Morgan fingerprint density at radius 3 is 2.07 bits per heavy atom.